The fourth-order valence-corrected chi connectivity index (χ4v) is 2.14. The number of nitrogens with zero attached hydrogens (tertiary/aromatic N) is 2. The van der Waals surface area contributed by atoms with Gasteiger partial charge in [0.05, 0.1) is 13.5 Å². The van der Waals surface area contributed by atoms with E-state index in [2.05, 4.69) is 10.2 Å². The largest absolute Gasteiger partial charge is 0.497 e. The molecule has 0 N–H and O–H groups in total. The van der Waals surface area contributed by atoms with Crippen molar-refractivity contribution in [2.75, 3.05) is 7.11 Å². The van der Waals surface area contributed by atoms with Crippen molar-refractivity contribution in [3.63, 3.8) is 0 Å². The molecule has 3 aromatic rings. The Kier molecular flexibility index (Phi) is 3.69. The molecule has 0 spiro atoms. The average molecular weight is 280 g/mol. The van der Waals surface area contributed by atoms with Crippen molar-refractivity contribution in [2.45, 2.75) is 13.3 Å². The maximum absolute atomic E-state index is 5.73. The summed E-state index contributed by atoms with van der Waals surface area (Å²) in [5, 5.41) is 8.23. The number of benzene rings is 2. The molecule has 2 aromatic carbocycles. The minimum absolute atomic E-state index is 0.558. The number of ether oxygens (including phenoxy) is 1. The van der Waals surface area contributed by atoms with Gasteiger partial charge in [0.25, 0.3) is 0 Å². The Morgan fingerprint density at radius 1 is 1.05 bits per heavy atom. The van der Waals surface area contributed by atoms with Gasteiger partial charge >= 0.3 is 0 Å². The van der Waals surface area contributed by atoms with E-state index in [1.54, 1.807) is 7.11 Å². The van der Waals surface area contributed by atoms with Crippen molar-refractivity contribution < 1.29 is 9.15 Å². The molecule has 21 heavy (non-hydrogen) atoms. The molecule has 0 radical (unpaired) electrons. The van der Waals surface area contributed by atoms with Crippen LogP contribution in [0.25, 0.3) is 11.5 Å². The first-order valence-corrected chi connectivity index (χ1v) is 6.77. The number of aryl methyl sites for hydroxylation is 1. The van der Waals surface area contributed by atoms with Crippen LogP contribution in [0.15, 0.2) is 52.9 Å². The van der Waals surface area contributed by atoms with Crippen LogP contribution in [0.5, 0.6) is 5.75 Å². The van der Waals surface area contributed by atoms with E-state index in [1.165, 1.54) is 5.56 Å². The second kappa shape index (κ2) is 5.79. The van der Waals surface area contributed by atoms with Gasteiger partial charge in [0, 0.05) is 5.56 Å². The highest BCUT2D eigenvalue weighted by Crippen LogP contribution is 2.20. The summed E-state index contributed by atoms with van der Waals surface area (Å²) in [5.74, 6) is 2.00. The average Bonchev–Trinajstić information content (AvgIpc) is 2.97. The normalized spacial score (nSPS) is 10.6. The Morgan fingerprint density at radius 3 is 2.57 bits per heavy atom. The van der Waals surface area contributed by atoms with Gasteiger partial charge in [-0.1, -0.05) is 29.8 Å². The van der Waals surface area contributed by atoms with Crippen LogP contribution in [0.4, 0.5) is 0 Å². The van der Waals surface area contributed by atoms with Gasteiger partial charge in [-0.05, 0) is 36.8 Å². The highest BCUT2D eigenvalue weighted by molar-refractivity contribution is 5.53. The number of methoxy groups -OCH3 is 1. The SMILES string of the molecule is COc1ccc(Cc2nnc(-c3cccc(C)c3)o2)cc1. The van der Waals surface area contributed by atoms with Gasteiger partial charge < -0.3 is 9.15 Å². The molecule has 106 valence electrons. The predicted octanol–water partition coefficient (Wildman–Crippen LogP) is 3.64. The second-order valence-electron chi connectivity index (χ2n) is 4.90. The second-order valence-corrected chi connectivity index (χ2v) is 4.90. The number of hydrogen-bond donors (Lipinski definition) is 0. The summed E-state index contributed by atoms with van der Waals surface area (Å²) in [4.78, 5) is 0. The Morgan fingerprint density at radius 2 is 1.86 bits per heavy atom. The summed E-state index contributed by atoms with van der Waals surface area (Å²) in [7, 11) is 1.65. The van der Waals surface area contributed by atoms with Gasteiger partial charge in [0.1, 0.15) is 5.75 Å². The van der Waals surface area contributed by atoms with E-state index >= 15 is 0 Å². The molecule has 0 amide bonds. The van der Waals surface area contributed by atoms with Crippen molar-refractivity contribution in [3.05, 3.63) is 65.5 Å². The molecule has 0 atom stereocenters. The molecule has 3 rings (SSSR count). The summed E-state index contributed by atoms with van der Waals surface area (Å²) < 4.78 is 10.9. The van der Waals surface area contributed by atoms with Gasteiger partial charge in [-0.2, -0.15) is 0 Å². The van der Waals surface area contributed by atoms with Gasteiger partial charge in [-0.15, -0.1) is 10.2 Å². The first-order valence-electron chi connectivity index (χ1n) is 6.77. The lowest BCUT2D eigenvalue weighted by Gasteiger charge is -2.00. The molecular weight excluding hydrogens is 264 g/mol. The first kappa shape index (κ1) is 13.4. The minimum atomic E-state index is 0.558. The van der Waals surface area contributed by atoms with Crippen LogP contribution >= 0.6 is 0 Å². The minimum Gasteiger partial charge on any atom is -0.497 e. The fraction of sp³-hybridized carbons (Fsp3) is 0.176. The number of aromatic nitrogens is 2. The summed E-state index contributed by atoms with van der Waals surface area (Å²) in [6, 6.07) is 15.9. The lowest BCUT2D eigenvalue weighted by atomic mass is 10.1. The molecule has 0 aliphatic carbocycles. The standard InChI is InChI=1S/C17H16N2O2/c1-12-4-3-5-14(10-12)17-19-18-16(21-17)11-13-6-8-15(20-2)9-7-13/h3-10H,11H2,1-2H3. The van der Waals surface area contributed by atoms with Gasteiger partial charge in [-0.25, -0.2) is 0 Å². The molecule has 4 heteroatoms. The molecule has 0 saturated carbocycles. The maximum Gasteiger partial charge on any atom is 0.247 e. The van der Waals surface area contributed by atoms with Crippen molar-refractivity contribution in [1.82, 2.24) is 10.2 Å². The van der Waals surface area contributed by atoms with Crippen LogP contribution in [0, 0.1) is 6.92 Å². The molecule has 1 heterocycles. The molecule has 0 unspecified atom stereocenters. The molecule has 1 aromatic heterocycles. The molecule has 0 aliphatic heterocycles. The van der Waals surface area contributed by atoms with Crippen molar-refractivity contribution in [2.24, 2.45) is 0 Å². The van der Waals surface area contributed by atoms with Crippen LogP contribution in [-0.4, -0.2) is 17.3 Å². The first-order chi connectivity index (χ1) is 10.2. The molecule has 0 saturated heterocycles. The van der Waals surface area contributed by atoms with E-state index in [9.17, 15) is 0 Å². The van der Waals surface area contributed by atoms with Crippen molar-refractivity contribution >= 4 is 0 Å². The zero-order valence-electron chi connectivity index (χ0n) is 12.0. The van der Waals surface area contributed by atoms with E-state index in [1.807, 2.05) is 55.5 Å². The van der Waals surface area contributed by atoms with Crippen LogP contribution in [0.3, 0.4) is 0 Å². The summed E-state index contributed by atoms with van der Waals surface area (Å²) in [5.41, 5.74) is 3.22. The van der Waals surface area contributed by atoms with Gasteiger partial charge in [0.2, 0.25) is 11.8 Å². The Bertz CT molecular complexity index is 733. The van der Waals surface area contributed by atoms with Crippen LogP contribution in [0.1, 0.15) is 17.0 Å². The highest BCUT2D eigenvalue weighted by Gasteiger charge is 2.09. The van der Waals surface area contributed by atoms with E-state index in [-0.39, 0.29) is 0 Å². The third-order valence-corrected chi connectivity index (χ3v) is 3.25. The van der Waals surface area contributed by atoms with Gasteiger partial charge in [-0.3, -0.25) is 0 Å². The quantitative estimate of drug-likeness (QED) is 0.732. The van der Waals surface area contributed by atoms with E-state index in [0.717, 1.165) is 16.9 Å². The number of rotatable bonds is 4. The van der Waals surface area contributed by atoms with Gasteiger partial charge in [0.15, 0.2) is 0 Å². The number of hydrogen-bond acceptors (Lipinski definition) is 4. The molecule has 0 aliphatic rings. The van der Waals surface area contributed by atoms with Crippen molar-refractivity contribution in [1.29, 1.82) is 0 Å². The van der Waals surface area contributed by atoms with E-state index < -0.39 is 0 Å². The van der Waals surface area contributed by atoms with Crippen LogP contribution < -0.4 is 4.74 Å². The maximum atomic E-state index is 5.73. The van der Waals surface area contributed by atoms with E-state index in [4.69, 9.17) is 9.15 Å². The molecular formula is C17H16N2O2. The Labute approximate surface area is 123 Å². The highest BCUT2D eigenvalue weighted by atomic mass is 16.5. The monoisotopic (exact) mass is 280 g/mol. The Balaban J connectivity index is 1.78. The van der Waals surface area contributed by atoms with Crippen LogP contribution in [0.2, 0.25) is 0 Å². The lowest BCUT2D eigenvalue weighted by molar-refractivity contribution is 0.414. The van der Waals surface area contributed by atoms with Crippen molar-refractivity contribution in [3.8, 4) is 17.2 Å². The zero-order valence-corrected chi connectivity index (χ0v) is 12.0. The van der Waals surface area contributed by atoms with E-state index in [0.29, 0.717) is 18.2 Å². The summed E-state index contributed by atoms with van der Waals surface area (Å²) >= 11 is 0. The fourth-order valence-electron chi connectivity index (χ4n) is 2.14. The topological polar surface area (TPSA) is 48.2 Å². The lowest BCUT2D eigenvalue weighted by Crippen LogP contribution is -1.89. The third kappa shape index (κ3) is 3.11. The summed E-state index contributed by atoms with van der Waals surface area (Å²) in [6.45, 7) is 2.04. The molecule has 0 fully saturated rings. The third-order valence-electron chi connectivity index (χ3n) is 3.25. The van der Waals surface area contributed by atoms with Crippen LogP contribution in [-0.2, 0) is 6.42 Å². The zero-order chi connectivity index (χ0) is 14.7. The predicted molar refractivity (Wildman–Crippen MR) is 80.3 cm³/mol. The Hall–Kier alpha value is -2.62. The summed E-state index contributed by atoms with van der Waals surface area (Å²) in [6.07, 6.45) is 0.614. The molecule has 4 nitrogen and oxygen atoms in total. The smallest absolute Gasteiger partial charge is 0.247 e. The molecule has 0 bridgehead atoms.